The molecule has 1 amide bonds. The molecule has 0 radical (unpaired) electrons. The molecule has 122 valence electrons. The van der Waals surface area contributed by atoms with Crippen LogP contribution in [0.1, 0.15) is 41.6 Å². The number of amides is 1. The topological polar surface area (TPSA) is 71.5 Å². The van der Waals surface area contributed by atoms with E-state index in [2.05, 4.69) is 10.3 Å². The molecule has 0 fully saturated rings. The third-order valence-electron chi connectivity index (χ3n) is 3.32. The number of nitrogens with zero attached hydrogens (tertiary/aromatic N) is 1. The number of carbonyl (C=O) groups excluding carboxylic acids is 1. The first-order chi connectivity index (χ1) is 11.0. The SMILES string of the molecule is Cc1ncccc1C(=O)NCC(O)c1cccc(OC(C)C)c1. The van der Waals surface area contributed by atoms with Gasteiger partial charge in [0.25, 0.3) is 5.91 Å². The number of benzene rings is 1. The fourth-order valence-corrected chi connectivity index (χ4v) is 2.19. The summed E-state index contributed by atoms with van der Waals surface area (Å²) in [5.74, 6) is 0.454. The van der Waals surface area contributed by atoms with Crippen molar-refractivity contribution in [3.05, 3.63) is 59.4 Å². The van der Waals surface area contributed by atoms with Gasteiger partial charge in [-0.2, -0.15) is 0 Å². The zero-order valence-electron chi connectivity index (χ0n) is 13.6. The summed E-state index contributed by atoms with van der Waals surface area (Å²) in [5, 5.41) is 13.0. The number of ether oxygens (including phenoxy) is 1. The van der Waals surface area contributed by atoms with Crippen LogP contribution in [-0.4, -0.2) is 28.6 Å². The third-order valence-corrected chi connectivity index (χ3v) is 3.32. The number of hydrogen-bond acceptors (Lipinski definition) is 4. The molecule has 2 rings (SSSR count). The summed E-state index contributed by atoms with van der Waals surface area (Å²) >= 11 is 0. The molecule has 0 aliphatic rings. The number of aliphatic hydroxyl groups excluding tert-OH is 1. The number of pyridine rings is 1. The Morgan fingerprint density at radius 1 is 1.30 bits per heavy atom. The average Bonchev–Trinajstić information content (AvgIpc) is 2.52. The highest BCUT2D eigenvalue weighted by molar-refractivity contribution is 5.95. The normalized spacial score (nSPS) is 12.0. The van der Waals surface area contributed by atoms with Crippen molar-refractivity contribution in [3.63, 3.8) is 0 Å². The van der Waals surface area contributed by atoms with Crippen LogP contribution in [0.25, 0.3) is 0 Å². The number of rotatable bonds is 6. The Hall–Kier alpha value is -2.40. The molecule has 1 aromatic heterocycles. The van der Waals surface area contributed by atoms with E-state index in [1.54, 1.807) is 37.4 Å². The quantitative estimate of drug-likeness (QED) is 0.860. The standard InChI is InChI=1S/C18H22N2O3/c1-12(2)23-15-7-4-6-14(10-15)17(21)11-20-18(22)16-8-5-9-19-13(16)3/h4-10,12,17,21H,11H2,1-3H3,(H,20,22). The van der Waals surface area contributed by atoms with Crippen LogP contribution in [0.2, 0.25) is 0 Å². The fourth-order valence-electron chi connectivity index (χ4n) is 2.19. The lowest BCUT2D eigenvalue weighted by molar-refractivity contribution is 0.0915. The number of aliphatic hydroxyl groups is 1. The van der Waals surface area contributed by atoms with Gasteiger partial charge < -0.3 is 15.2 Å². The Morgan fingerprint density at radius 2 is 2.09 bits per heavy atom. The average molecular weight is 314 g/mol. The summed E-state index contributed by atoms with van der Waals surface area (Å²) in [6.45, 7) is 5.79. The number of aryl methyl sites for hydroxylation is 1. The van der Waals surface area contributed by atoms with Crippen molar-refractivity contribution >= 4 is 5.91 Å². The van der Waals surface area contributed by atoms with Gasteiger partial charge >= 0.3 is 0 Å². The zero-order valence-corrected chi connectivity index (χ0v) is 13.6. The van der Waals surface area contributed by atoms with E-state index in [1.165, 1.54) is 0 Å². The zero-order chi connectivity index (χ0) is 16.8. The van der Waals surface area contributed by atoms with E-state index in [4.69, 9.17) is 4.74 Å². The molecule has 5 nitrogen and oxygen atoms in total. The lowest BCUT2D eigenvalue weighted by Crippen LogP contribution is -2.29. The van der Waals surface area contributed by atoms with E-state index in [0.717, 1.165) is 0 Å². The minimum absolute atomic E-state index is 0.0654. The minimum atomic E-state index is -0.799. The molecule has 0 aliphatic carbocycles. The molecule has 2 N–H and O–H groups in total. The molecular formula is C18H22N2O3. The van der Waals surface area contributed by atoms with Crippen LogP contribution in [0.15, 0.2) is 42.6 Å². The summed E-state index contributed by atoms with van der Waals surface area (Å²) in [7, 11) is 0. The van der Waals surface area contributed by atoms with Crippen molar-refractivity contribution in [1.29, 1.82) is 0 Å². The predicted molar refractivity (Wildman–Crippen MR) is 88.5 cm³/mol. The van der Waals surface area contributed by atoms with Crippen molar-refractivity contribution < 1.29 is 14.6 Å². The van der Waals surface area contributed by atoms with Gasteiger partial charge in [0.15, 0.2) is 0 Å². The highest BCUT2D eigenvalue weighted by Gasteiger charge is 2.13. The van der Waals surface area contributed by atoms with Gasteiger partial charge in [0.1, 0.15) is 5.75 Å². The molecule has 1 atom stereocenters. The first-order valence-electron chi connectivity index (χ1n) is 7.62. The molecule has 1 heterocycles. The second-order valence-corrected chi connectivity index (χ2v) is 5.60. The largest absolute Gasteiger partial charge is 0.491 e. The lowest BCUT2D eigenvalue weighted by Gasteiger charge is -2.15. The Balaban J connectivity index is 1.98. The summed E-state index contributed by atoms with van der Waals surface area (Å²) in [6, 6.07) is 10.7. The number of hydrogen-bond donors (Lipinski definition) is 2. The highest BCUT2D eigenvalue weighted by atomic mass is 16.5. The van der Waals surface area contributed by atoms with Gasteiger partial charge in [-0.3, -0.25) is 9.78 Å². The van der Waals surface area contributed by atoms with Crippen LogP contribution >= 0.6 is 0 Å². The highest BCUT2D eigenvalue weighted by Crippen LogP contribution is 2.20. The molecule has 0 spiro atoms. The van der Waals surface area contributed by atoms with Crippen LogP contribution in [-0.2, 0) is 0 Å². The van der Waals surface area contributed by atoms with Gasteiger partial charge in [-0.25, -0.2) is 0 Å². The second kappa shape index (κ2) is 7.74. The Morgan fingerprint density at radius 3 is 2.78 bits per heavy atom. The van der Waals surface area contributed by atoms with E-state index < -0.39 is 6.10 Å². The number of carbonyl (C=O) groups is 1. The van der Waals surface area contributed by atoms with Crippen molar-refractivity contribution in [2.75, 3.05) is 6.54 Å². The number of aromatic nitrogens is 1. The molecule has 1 aromatic carbocycles. The van der Waals surface area contributed by atoms with Gasteiger partial charge in [0, 0.05) is 18.4 Å². The Bertz CT molecular complexity index is 671. The Labute approximate surface area is 136 Å². The van der Waals surface area contributed by atoms with E-state index in [1.807, 2.05) is 26.0 Å². The maximum absolute atomic E-state index is 12.1. The molecule has 0 bridgehead atoms. The predicted octanol–water partition coefficient (Wildman–Crippen LogP) is 2.64. The van der Waals surface area contributed by atoms with Gasteiger partial charge in [-0.05, 0) is 50.6 Å². The van der Waals surface area contributed by atoms with Crippen LogP contribution in [0.4, 0.5) is 0 Å². The van der Waals surface area contributed by atoms with Crippen LogP contribution < -0.4 is 10.1 Å². The molecule has 0 saturated carbocycles. The molecule has 0 aliphatic heterocycles. The third kappa shape index (κ3) is 4.79. The van der Waals surface area contributed by atoms with Gasteiger partial charge in [0.2, 0.25) is 0 Å². The lowest BCUT2D eigenvalue weighted by atomic mass is 10.1. The van der Waals surface area contributed by atoms with Crippen molar-refractivity contribution in [2.24, 2.45) is 0 Å². The van der Waals surface area contributed by atoms with Crippen molar-refractivity contribution in [3.8, 4) is 5.75 Å². The first-order valence-corrected chi connectivity index (χ1v) is 7.62. The van der Waals surface area contributed by atoms with E-state index in [0.29, 0.717) is 22.6 Å². The van der Waals surface area contributed by atoms with Gasteiger partial charge in [0.05, 0.1) is 17.8 Å². The maximum Gasteiger partial charge on any atom is 0.253 e. The van der Waals surface area contributed by atoms with Crippen LogP contribution in [0.3, 0.4) is 0 Å². The monoisotopic (exact) mass is 314 g/mol. The van der Waals surface area contributed by atoms with E-state index in [-0.39, 0.29) is 18.6 Å². The molecule has 23 heavy (non-hydrogen) atoms. The maximum atomic E-state index is 12.1. The van der Waals surface area contributed by atoms with Gasteiger partial charge in [-0.15, -0.1) is 0 Å². The summed E-state index contributed by atoms with van der Waals surface area (Å²) in [6.07, 6.45) is 0.906. The second-order valence-electron chi connectivity index (χ2n) is 5.60. The Kier molecular flexibility index (Phi) is 5.71. The summed E-state index contributed by atoms with van der Waals surface area (Å²) in [4.78, 5) is 16.2. The first kappa shape index (κ1) is 17.0. The summed E-state index contributed by atoms with van der Waals surface area (Å²) < 4.78 is 5.61. The van der Waals surface area contributed by atoms with Crippen molar-refractivity contribution in [1.82, 2.24) is 10.3 Å². The van der Waals surface area contributed by atoms with Crippen molar-refractivity contribution in [2.45, 2.75) is 33.0 Å². The fraction of sp³-hybridized carbons (Fsp3) is 0.333. The minimum Gasteiger partial charge on any atom is -0.491 e. The molecule has 1 unspecified atom stereocenters. The number of nitrogens with one attached hydrogen (secondary N) is 1. The van der Waals surface area contributed by atoms with E-state index >= 15 is 0 Å². The molecule has 2 aromatic rings. The smallest absolute Gasteiger partial charge is 0.253 e. The van der Waals surface area contributed by atoms with E-state index in [9.17, 15) is 9.90 Å². The molecule has 0 saturated heterocycles. The van der Waals surface area contributed by atoms with Gasteiger partial charge in [-0.1, -0.05) is 12.1 Å². The molecular weight excluding hydrogens is 292 g/mol. The van der Waals surface area contributed by atoms with Crippen LogP contribution in [0, 0.1) is 6.92 Å². The summed E-state index contributed by atoms with van der Waals surface area (Å²) in [5.41, 5.74) is 1.87. The van der Waals surface area contributed by atoms with Crippen LogP contribution in [0.5, 0.6) is 5.75 Å². The molecule has 5 heteroatoms.